The number of nitrogens with zero attached hydrogens (tertiary/aromatic N) is 1. The van der Waals surface area contributed by atoms with Gasteiger partial charge >= 0.3 is 0 Å². The molecular weight excluding hydrogens is 404 g/mol. The van der Waals surface area contributed by atoms with Gasteiger partial charge in [0.15, 0.2) is 0 Å². The van der Waals surface area contributed by atoms with E-state index in [-0.39, 0.29) is 16.7 Å². The Labute approximate surface area is 178 Å². The van der Waals surface area contributed by atoms with Crippen LogP contribution in [0.25, 0.3) is 0 Å². The topological polar surface area (TPSA) is 84.9 Å². The number of amides is 1. The first kappa shape index (κ1) is 22.1. The van der Waals surface area contributed by atoms with Gasteiger partial charge in [-0.25, -0.2) is 8.42 Å². The van der Waals surface area contributed by atoms with Crippen molar-refractivity contribution >= 4 is 15.9 Å². The molecule has 7 nitrogen and oxygen atoms in total. The number of ether oxygens (including phenoxy) is 2. The molecule has 0 spiro atoms. The number of benzene rings is 2. The van der Waals surface area contributed by atoms with Crippen molar-refractivity contribution in [3.8, 4) is 11.5 Å². The molecule has 1 fully saturated rings. The smallest absolute Gasteiger partial charge is 0.243 e. The van der Waals surface area contributed by atoms with E-state index in [1.807, 2.05) is 31.2 Å². The maximum Gasteiger partial charge on any atom is 0.243 e. The Morgan fingerprint density at radius 2 is 1.77 bits per heavy atom. The fraction of sp³-hybridized carbons (Fsp3) is 0.409. The summed E-state index contributed by atoms with van der Waals surface area (Å²) in [6.07, 6.45) is 0.988. The molecule has 1 N–H and O–H groups in total. The molecule has 8 heteroatoms. The van der Waals surface area contributed by atoms with Gasteiger partial charge in [-0.3, -0.25) is 4.79 Å². The molecule has 1 aliphatic rings. The second-order valence-electron chi connectivity index (χ2n) is 7.11. The zero-order valence-electron chi connectivity index (χ0n) is 17.3. The molecular formula is C22H28N2O5S. The van der Waals surface area contributed by atoms with E-state index in [1.165, 1.54) is 4.31 Å². The molecule has 0 aromatic heterocycles. The fourth-order valence-electron chi connectivity index (χ4n) is 3.56. The van der Waals surface area contributed by atoms with Crippen LogP contribution in [0.5, 0.6) is 11.5 Å². The van der Waals surface area contributed by atoms with E-state index in [0.29, 0.717) is 44.8 Å². The van der Waals surface area contributed by atoms with Crippen LogP contribution in [0.4, 0.5) is 0 Å². The normalized spacial score (nSPS) is 15.5. The summed E-state index contributed by atoms with van der Waals surface area (Å²) >= 11 is 0. The summed E-state index contributed by atoms with van der Waals surface area (Å²) in [4.78, 5) is 12.8. The maximum absolute atomic E-state index is 12.9. The number of carbonyl (C=O) groups excluding carboxylic acids is 1. The number of para-hydroxylation sites is 1. The van der Waals surface area contributed by atoms with Gasteiger partial charge in [0.2, 0.25) is 15.9 Å². The molecule has 1 saturated heterocycles. The van der Waals surface area contributed by atoms with Gasteiger partial charge in [0.25, 0.3) is 0 Å². The summed E-state index contributed by atoms with van der Waals surface area (Å²) in [5, 5.41) is 2.95. The van der Waals surface area contributed by atoms with Crippen molar-refractivity contribution in [2.75, 3.05) is 26.8 Å². The molecule has 0 atom stereocenters. The average Bonchev–Trinajstić information content (AvgIpc) is 2.78. The quantitative estimate of drug-likeness (QED) is 0.693. The molecule has 1 amide bonds. The highest BCUT2D eigenvalue weighted by Crippen LogP contribution is 2.25. The van der Waals surface area contributed by atoms with E-state index < -0.39 is 10.0 Å². The highest BCUT2D eigenvalue weighted by atomic mass is 32.2. The van der Waals surface area contributed by atoms with Gasteiger partial charge in [-0.15, -0.1) is 0 Å². The molecule has 2 aromatic carbocycles. The van der Waals surface area contributed by atoms with Crippen LogP contribution < -0.4 is 14.8 Å². The zero-order valence-corrected chi connectivity index (χ0v) is 18.2. The van der Waals surface area contributed by atoms with Crippen molar-refractivity contribution in [2.24, 2.45) is 5.92 Å². The van der Waals surface area contributed by atoms with Crippen molar-refractivity contribution in [1.29, 1.82) is 0 Å². The van der Waals surface area contributed by atoms with Crippen LogP contribution in [0.15, 0.2) is 53.4 Å². The van der Waals surface area contributed by atoms with Crippen LogP contribution >= 0.6 is 0 Å². The molecule has 3 rings (SSSR count). The second kappa shape index (κ2) is 9.95. The van der Waals surface area contributed by atoms with Crippen molar-refractivity contribution in [3.63, 3.8) is 0 Å². The lowest BCUT2D eigenvalue weighted by Crippen LogP contribution is -2.42. The minimum absolute atomic E-state index is 0.0565. The minimum Gasteiger partial charge on any atom is -0.496 e. The van der Waals surface area contributed by atoms with Crippen molar-refractivity contribution in [3.05, 3.63) is 54.1 Å². The Bertz CT molecular complexity index is 952. The Hall–Kier alpha value is -2.58. The van der Waals surface area contributed by atoms with Crippen LogP contribution in [-0.4, -0.2) is 45.4 Å². The Morgan fingerprint density at radius 1 is 1.10 bits per heavy atom. The molecule has 2 aromatic rings. The number of nitrogens with one attached hydrogen (secondary N) is 1. The highest BCUT2D eigenvalue weighted by molar-refractivity contribution is 7.89. The predicted molar refractivity (Wildman–Crippen MR) is 114 cm³/mol. The van der Waals surface area contributed by atoms with Gasteiger partial charge in [-0.1, -0.05) is 18.2 Å². The molecule has 0 saturated carbocycles. The van der Waals surface area contributed by atoms with Crippen LogP contribution in [0.1, 0.15) is 25.3 Å². The van der Waals surface area contributed by atoms with Gasteiger partial charge in [0.1, 0.15) is 11.5 Å². The third kappa shape index (κ3) is 5.12. The molecule has 0 aliphatic carbocycles. The first-order chi connectivity index (χ1) is 14.5. The van der Waals surface area contributed by atoms with Gasteiger partial charge in [0, 0.05) is 31.1 Å². The second-order valence-corrected chi connectivity index (χ2v) is 9.05. The predicted octanol–water partition coefficient (Wildman–Crippen LogP) is 2.81. The van der Waals surface area contributed by atoms with E-state index in [0.717, 1.165) is 11.3 Å². The maximum atomic E-state index is 12.9. The lowest BCUT2D eigenvalue weighted by Gasteiger charge is -2.30. The molecule has 0 bridgehead atoms. The SMILES string of the molecule is CCOc1ccc(S(=O)(=O)N2CCC(C(=O)NCc3ccccc3OC)CC2)cc1. The molecule has 30 heavy (non-hydrogen) atoms. The number of carbonyl (C=O) groups is 1. The number of hydrogen-bond donors (Lipinski definition) is 1. The Morgan fingerprint density at radius 3 is 2.40 bits per heavy atom. The third-order valence-electron chi connectivity index (χ3n) is 5.24. The minimum atomic E-state index is -3.58. The monoisotopic (exact) mass is 432 g/mol. The summed E-state index contributed by atoms with van der Waals surface area (Å²) in [6.45, 7) is 3.43. The van der Waals surface area contributed by atoms with E-state index in [2.05, 4.69) is 5.32 Å². The van der Waals surface area contributed by atoms with Crippen molar-refractivity contribution in [1.82, 2.24) is 9.62 Å². The first-order valence-electron chi connectivity index (χ1n) is 10.1. The standard InChI is InChI=1S/C22H28N2O5S/c1-3-29-19-8-10-20(11-9-19)30(26,27)24-14-12-17(13-15-24)22(25)23-16-18-6-4-5-7-21(18)28-2/h4-11,17H,3,12-16H2,1-2H3,(H,23,25). The molecule has 0 unspecified atom stereocenters. The van der Waals surface area contributed by atoms with Gasteiger partial charge in [-0.2, -0.15) is 4.31 Å². The van der Waals surface area contributed by atoms with Crippen LogP contribution in [0.3, 0.4) is 0 Å². The number of hydrogen-bond acceptors (Lipinski definition) is 5. The van der Waals surface area contributed by atoms with E-state index in [1.54, 1.807) is 31.4 Å². The van der Waals surface area contributed by atoms with Crippen molar-refractivity contribution in [2.45, 2.75) is 31.2 Å². The third-order valence-corrected chi connectivity index (χ3v) is 7.16. The Balaban J connectivity index is 1.55. The number of rotatable bonds is 8. The molecule has 0 radical (unpaired) electrons. The number of piperidine rings is 1. The summed E-state index contributed by atoms with van der Waals surface area (Å²) in [5.41, 5.74) is 0.906. The van der Waals surface area contributed by atoms with Gasteiger partial charge < -0.3 is 14.8 Å². The number of sulfonamides is 1. The highest BCUT2D eigenvalue weighted by Gasteiger charge is 2.32. The van der Waals surface area contributed by atoms with Crippen LogP contribution in [-0.2, 0) is 21.4 Å². The van der Waals surface area contributed by atoms with Crippen LogP contribution in [0, 0.1) is 5.92 Å². The van der Waals surface area contributed by atoms with E-state index in [9.17, 15) is 13.2 Å². The number of methoxy groups -OCH3 is 1. The fourth-order valence-corrected chi connectivity index (χ4v) is 5.03. The summed E-state index contributed by atoms with van der Waals surface area (Å²) in [6, 6.07) is 14.0. The molecule has 1 aliphatic heterocycles. The first-order valence-corrected chi connectivity index (χ1v) is 11.5. The van der Waals surface area contributed by atoms with Crippen molar-refractivity contribution < 1.29 is 22.7 Å². The molecule has 1 heterocycles. The van der Waals surface area contributed by atoms with E-state index in [4.69, 9.17) is 9.47 Å². The lowest BCUT2D eigenvalue weighted by atomic mass is 9.97. The lowest BCUT2D eigenvalue weighted by molar-refractivity contribution is -0.126. The largest absolute Gasteiger partial charge is 0.496 e. The summed E-state index contributed by atoms with van der Waals surface area (Å²) in [5.74, 6) is 1.11. The van der Waals surface area contributed by atoms with Gasteiger partial charge in [0.05, 0.1) is 18.6 Å². The summed E-state index contributed by atoms with van der Waals surface area (Å²) in [7, 11) is -1.98. The molecule has 162 valence electrons. The summed E-state index contributed by atoms with van der Waals surface area (Å²) < 4.78 is 37.9. The zero-order chi connectivity index (χ0) is 21.6. The van der Waals surface area contributed by atoms with Gasteiger partial charge in [-0.05, 0) is 50.1 Å². The Kier molecular flexibility index (Phi) is 7.33. The van der Waals surface area contributed by atoms with Crippen LogP contribution in [0.2, 0.25) is 0 Å². The average molecular weight is 433 g/mol. The van der Waals surface area contributed by atoms with E-state index >= 15 is 0 Å².